The van der Waals surface area contributed by atoms with Crippen molar-refractivity contribution < 1.29 is 14.6 Å². The smallest absolute Gasteiger partial charge is 0.326 e. The minimum absolute atomic E-state index is 0.460. The number of carboxylic acids is 1. The molecule has 3 aromatic rings. The van der Waals surface area contributed by atoms with E-state index >= 15 is 0 Å². The second-order valence-corrected chi connectivity index (χ2v) is 7.44. The van der Waals surface area contributed by atoms with Crippen molar-refractivity contribution in [2.45, 2.75) is 40.2 Å². The number of rotatable bonds is 7. The highest BCUT2D eigenvalue weighted by molar-refractivity contribution is 7.19. The molecule has 3 rings (SSSR count). The molecule has 1 unspecified atom stereocenters. The van der Waals surface area contributed by atoms with Gasteiger partial charge in [0.05, 0.1) is 12.0 Å². The molecule has 1 atom stereocenters. The Morgan fingerprint density at radius 3 is 2.52 bits per heavy atom. The van der Waals surface area contributed by atoms with E-state index in [-0.39, 0.29) is 0 Å². The van der Waals surface area contributed by atoms with Gasteiger partial charge >= 0.3 is 5.97 Å². The van der Waals surface area contributed by atoms with Crippen LogP contribution in [-0.2, 0) is 4.79 Å². The van der Waals surface area contributed by atoms with E-state index in [9.17, 15) is 9.90 Å². The Labute approximate surface area is 162 Å². The highest BCUT2D eigenvalue weighted by atomic mass is 32.1. The molecule has 0 saturated carbocycles. The number of hydrogen-bond donors (Lipinski definition) is 2. The van der Waals surface area contributed by atoms with E-state index in [1.165, 1.54) is 0 Å². The molecular formula is C20H23N3O3S. The summed E-state index contributed by atoms with van der Waals surface area (Å²) in [5.74, 6) is 1.11. The van der Waals surface area contributed by atoms with Gasteiger partial charge in [0.2, 0.25) is 0 Å². The van der Waals surface area contributed by atoms with E-state index in [1.54, 1.807) is 11.3 Å². The highest BCUT2D eigenvalue weighted by Crippen LogP contribution is 2.41. The SMILES string of the molecule is CCOc1ccc(-c2c(C)sc3nc(C)nc(NC(CC)C(=O)O)c23)cc1. The number of hydrogen-bond acceptors (Lipinski definition) is 6. The Morgan fingerprint density at radius 1 is 1.22 bits per heavy atom. The van der Waals surface area contributed by atoms with Crippen LogP contribution in [0.2, 0.25) is 0 Å². The zero-order valence-corrected chi connectivity index (χ0v) is 16.7. The van der Waals surface area contributed by atoms with E-state index < -0.39 is 12.0 Å². The monoisotopic (exact) mass is 385 g/mol. The van der Waals surface area contributed by atoms with Gasteiger partial charge in [0.15, 0.2) is 0 Å². The first-order valence-electron chi connectivity index (χ1n) is 8.94. The van der Waals surface area contributed by atoms with Gasteiger partial charge < -0.3 is 15.2 Å². The van der Waals surface area contributed by atoms with Crippen molar-refractivity contribution in [3.63, 3.8) is 0 Å². The van der Waals surface area contributed by atoms with Crippen molar-refractivity contribution in [1.82, 2.24) is 9.97 Å². The third kappa shape index (κ3) is 3.88. The molecule has 6 nitrogen and oxygen atoms in total. The summed E-state index contributed by atoms with van der Waals surface area (Å²) in [5.41, 5.74) is 2.06. The van der Waals surface area contributed by atoms with Crippen LogP contribution < -0.4 is 10.1 Å². The van der Waals surface area contributed by atoms with Crippen LogP contribution in [0.4, 0.5) is 5.82 Å². The molecule has 142 valence electrons. The molecule has 0 fully saturated rings. The number of aryl methyl sites for hydroxylation is 2. The Hall–Kier alpha value is -2.67. The van der Waals surface area contributed by atoms with Gasteiger partial charge in [0.25, 0.3) is 0 Å². The Bertz CT molecular complexity index is 967. The molecule has 27 heavy (non-hydrogen) atoms. The third-order valence-corrected chi connectivity index (χ3v) is 5.31. The number of carboxylic acid groups (broad SMARTS) is 1. The minimum Gasteiger partial charge on any atom is -0.494 e. The summed E-state index contributed by atoms with van der Waals surface area (Å²) in [6, 6.07) is 7.21. The van der Waals surface area contributed by atoms with Crippen LogP contribution >= 0.6 is 11.3 Å². The number of benzene rings is 1. The van der Waals surface area contributed by atoms with E-state index in [4.69, 9.17) is 4.74 Å². The molecule has 0 bridgehead atoms. The lowest BCUT2D eigenvalue weighted by Crippen LogP contribution is -2.29. The second kappa shape index (κ2) is 7.92. The largest absolute Gasteiger partial charge is 0.494 e. The quantitative estimate of drug-likeness (QED) is 0.616. The van der Waals surface area contributed by atoms with Gasteiger partial charge in [-0.15, -0.1) is 11.3 Å². The fourth-order valence-corrected chi connectivity index (χ4v) is 4.15. The number of fused-ring (bicyclic) bond motifs is 1. The topological polar surface area (TPSA) is 84.3 Å². The maximum absolute atomic E-state index is 11.5. The van der Waals surface area contributed by atoms with Gasteiger partial charge in [0.1, 0.15) is 28.3 Å². The lowest BCUT2D eigenvalue weighted by Gasteiger charge is -2.15. The first-order chi connectivity index (χ1) is 12.9. The van der Waals surface area contributed by atoms with Gasteiger partial charge in [-0.2, -0.15) is 0 Å². The van der Waals surface area contributed by atoms with Crippen LogP contribution in [0.1, 0.15) is 31.0 Å². The van der Waals surface area contributed by atoms with Gasteiger partial charge in [-0.25, -0.2) is 14.8 Å². The number of ether oxygens (including phenoxy) is 1. The summed E-state index contributed by atoms with van der Waals surface area (Å²) < 4.78 is 5.53. The number of aliphatic carboxylic acids is 1. The number of aromatic nitrogens is 2. The maximum atomic E-state index is 11.5. The molecule has 0 radical (unpaired) electrons. The summed E-state index contributed by atoms with van der Waals surface area (Å²) in [7, 11) is 0. The van der Waals surface area contributed by atoms with Gasteiger partial charge in [-0.1, -0.05) is 19.1 Å². The lowest BCUT2D eigenvalue weighted by molar-refractivity contribution is -0.137. The average molecular weight is 385 g/mol. The zero-order chi connectivity index (χ0) is 19.6. The summed E-state index contributed by atoms with van der Waals surface area (Å²) in [6.07, 6.45) is 0.460. The Balaban J connectivity index is 2.15. The number of carbonyl (C=O) groups is 1. The van der Waals surface area contributed by atoms with Crippen LogP contribution in [0, 0.1) is 13.8 Å². The molecule has 0 aliphatic heterocycles. The van der Waals surface area contributed by atoms with Crippen molar-refractivity contribution in [3.8, 4) is 16.9 Å². The predicted molar refractivity (Wildman–Crippen MR) is 109 cm³/mol. The normalized spacial score (nSPS) is 12.1. The molecule has 2 heterocycles. The van der Waals surface area contributed by atoms with Crippen molar-refractivity contribution in [2.24, 2.45) is 0 Å². The molecule has 7 heteroatoms. The van der Waals surface area contributed by atoms with Crippen molar-refractivity contribution >= 4 is 33.3 Å². The average Bonchev–Trinajstić information content (AvgIpc) is 2.95. The lowest BCUT2D eigenvalue weighted by atomic mass is 10.0. The summed E-state index contributed by atoms with van der Waals surface area (Å²) >= 11 is 1.59. The van der Waals surface area contributed by atoms with Gasteiger partial charge in [-0.3, -0.25) is 0 Å². The first kappa shape index (κ1) is 19.1. The summed E-state index contributed by atoms with van der Waals surface area (Å²) in [6.45, 7) is 8.27. The molecular weight excluding hydrogens is 362 g/mol. The Morgan fingerprint density at radius 2 is 1.93 bits per heavy atom. The number of thiophene rings is 1. The molecule has 0 aliphatic carbocycles. The van der Waals surface area contributed by atoms with Gasteiger partial charge in [0, 0.05) is 10.4 Å². The molecule has 0 spiro atoms. The van der Waals surface area contributed by atoms with Crippen molar-refractivity contribution in [2.75, 3.05) is 11.9 Å². The maximum Gasteiger partial charge on any atom is 0.326 e. The second-order valence-electron chi connectivity index (χ2n) is 6.23. The molecule has 2 aromatic heterocycles. The minimum atomic E-state index is -0.892. The van der Waals surface area contributed by atoms with Gasteiger partial charge in [-0.05, 0) is 44.9 Å². The van der Waals surface area contributed by atoms with Crippen LogP contribution in [0.5, 0.6) is 5.75 Å². The van der Waals surface area contributed by atoms with E-state index in [0.717, 1.165) is 32.0 Å². The molecule has 0 amide bonds. The van der Waals surface area contributed by atoms with Crippen LogP contribution in [0.3, 0.4) is 0 Å². The van der Waals surface area contributed by atoms with Crippen molar-refractivity contribution in [1.29, 1.82) is 0 Å². The fourth-order valence-electron chi connectivity index (χ4n) is 3.06. The van der Waals surface area contributed by atoms with Crippen LogP contribution in [0.25, 0.3) is 21.3 Å². The molecule has 0 aliphatic rings. The number of nitrogens with one attached hydrogen (secondary N) is 1. The fraction of sp³-hybridized carbons (Fsp3) is 0.350. The van der Waals surface area contributed by atoms with Crippen LogP contribution in [0.15, 0.2) is 24.3 Å². The molecule has 0 saturated heterocycles. The third-order valence-electron chi connectivity index (χ3n) is 4.31. The molecule has 2 N–H and O–H groups in total. The predicted octanol–water partition coefficient (Wildman–Crippen LogP) is 4.65. The number of anilines is 1. The summed E-state index contributed by atoms with van der Waals surface area (Å²) in [5, 5.41) is 13.4. The number of nitrogens with zero attached hydrogens (tertiary/aromatic N) is 2. The van der Waals surface area contributed by atoms with Crippen molar-refractivity contribution in [3.05, 3.63) is 35.0 Å². The standard InChI is InChI=1S/C20H23N3O3S/c1-5-15(20(24)25)23-18-17-16(11(3)27-19(17)22-12(4)21-18)13-7-9-14(10-8-13)26-6-2/h7-10,15H,5-6H2,1-4H3,(H,24,25)(H,21,22,23). The molecule has 1 aromatic carbocycles. The van der Waals surface area contributed by atoms with E-state index in [2.05, 4.69) is 15.3 Å². The highest BCUT2D eigenvalue weighted by Gasteiger charge is 2.22. The zero-order valence-electron chi connectivity index (χ0n) is 15.9. The van der Waals surface area contributed by atoms with Crippen LogP contribution in [-0.4, -0.2) is 33.7 Å². The first-order valence-corrected chi connectivity index (χ1v) is 9.76. The van der Waals surface area contributed by atoms with E-state index in [0.29, 0.717) is 24.7 Å². The Kier molecular flexibility index (Phi) is 5.60. The van der Waals surface area contributed by atoms with E-state index in [1.807, 2.05) is 52.0 Å². The summed E-state index contributed by atoms with van der Waals surface area (Å²) in [4.78, 5) is 22.5.